The van der Waals surface area contributed by atoms with E-state index < -0.39 is 5.97 Å². The van der Waals surface area contributed by atoms with Crippen LogP contribution in [0, 0.1) is 0 Å². The van der Waals surface area contributed by atoms with Crippen LogP contribution in [0.25, 0.3) is 0 Å². The van der Waals surface area contributed by atoms with E-state index in [2.05, 4.69) is 0 Å². The van der Waals surface area contributed by atoms with Gasteiger partial charge in [0.1, 0.15) is 5.69 Å². The molecular weight excluding hydrogens is 246 g/mol. The van der Waals surface area contributed by atoms with Crippen LogP contribution >= 0.6 is 0 Å². The van der Waals surface area contributed by atoms with Gasteiger partial charge in [0.15, 0.2) is 0 Å². The monoisotopic (exact) mass is 267 g/mol. The zero-order valence-corrected chi connectivity index (χ0v) is 11.7. The average Bonchev–Trinajstić information content (AvgIpc) is 2.75. The van der Waals surface area contributed by atoms with Crippen molar-refractivity contribution < 1.29 is 14.3 Å². The van der Waals surface area contributed by atoms with Crippen molar-refractivity contribution >= 4 is 17.6 Å². The Balaban J connectivity index is 2.41. The second-order valence-electron chi connectivity index (χ2n) is 4.47. The molecule has 0 bridgehead atoms. The van der Waals surface area contributed by atoms with Gasteiger partial charge in [-0.05, 0) is 19.4 Å². The predicted molar refractivity (Wildman–Crippen MR) is 72.7 cm³/mol. The molecule has 0 aromatic carbocycles. The van der Waals surface area contributed by atoms with E-state index in [-0.39, 0.29) is 12.5 Å². The van der Waals surface area contributed by atoms with Gasteiger partial charge < -0.3 is 19.9 Å². The zero-order chi connectivity index (χ0) is 14.4. The van der Waals surface area contributed by atoms with E-state index in [4.69, 9.17) is 10.5 Å². The number of nitrogens with two attached hydrogens (primary N) is 1. The van der Waals surface area contributed by atoms with Gasteiger partial charge in [-0.1, -0.05) is 0 Å². The van der Waals surface area contributed by atoms with Gasteiger partial charge in [0.2, 0.25) is 5.91 Å². The summed E-state index contributed by atoms with van der Waals surface area (Å²) in [5, 5.41) is 0. The molecule has 106 valence electrons. The molecule has 19 heavy (non-hydrogen) atoms. The first kappa shape index (κ1) is 15.1. The first-order chi connectivity index (χ1) is 8.95. The normalized spacial score (nSPS) is 10.3. The van der Waals surface area contributed by atoms with Gasteiger partial charge in [-0.15, -0.1) is 0 Å². The number of ether oxygens (including phenoxy) is 1. The van der Waals surface area contributed by atoms with Crippen molar-refractivity contribution in [2.45, 2.75) is 26.3 Å². The van der Waals surface area contributed by atoms with Gasteiger partial charge in [-0.25, -0.2) is 4.79 Å². The molecule has 1 aromatic rings. The number of aryl methyl sites for hydroxylation is 1. The molecule has 0 spiro atoms. The highest BCUT2D eigenvalue weighted by Gasteiger charge is 2.13. The summed E-state index contributed by atoms with van der Waals surface area (Å²) in [6, 6.07) is 1.59. The average molecular weight is 267 g/mol. The Morgan fingerprint density at radius 2 is 2.11 bits per heavy atom. The third-order valence-electron chi connectivity index (χ3n) is 2.73. The molecule has 0 aliphatic rings. The summed E-state index contributed by atoms with van der Waals surface area (Å²) in [6.07, 6.45) is 2.59. The van der Waals surface area contributed by atoms with Crippen LogP contribution in [0.1, 0.15) is 30.3 Å². The van der Waals surface area contributed by atoms with Crippen LogP contribution in [0.3, 0.4) is 0 Å². The van der Waals surface area contributed by atoms with Crippen molar-refractivity contribution in [2.24, 2.45) is 0 Å². The lowest BCUT2D eigenvalue weighted by Gasteiger charge is -2.10. The molecule has 6 nitrogen and oxygen atoms in total. The number of hydrogen-bond acceptors (Lipinski definition) is 4. The highest BCUT2D eigenvalue weighted by atomic mass is 16.5. The molecule has 1 rings (SSSR count). The Bertz CT molecular complexity index is 452. The number of nitrogens with zero attached hydrogens (tertiary/aromatic N) is 2. The van der Waals surface area contributed by atoms with E-state index in [1.807, 2.05) is 6.92 Å². The van der Waals surface area contributed by atoms with E-state index in [0.29, 0.717) is 30.8 Å². The number of carbonyl (C=O) groups is 2. The smallest absolute Gasteiger partial charge is 0.355 e. The van der Waals surface area contributed by atoms with Crippen molar-refractivity contribution in [1.82, 2.24) is 9.47 Å². The van der Waals surface area contributed by atoms with Crippen LogP contribution < -0.4 is 5.73 Å². The summed E-state index contributed by atoms with van der Waals surface area (Å²) < 4.78 is 6.87. The number of aromatic nitrogens is 1. The minimum atomic E-state index is -0.407. The summed E-state index contributed by atoms with van der Waals surface area (Å²) in [7, 11) is 3.40. The molecule has 1 amide bonds. The highest BCUT2D eigenvalue weighted by molar-refractivity contribution is 5.89. The van der Waals surface area contributed by atoms with Gasteiger partial charge >= 0.3 is 5.97 Å². The maximum absolute atomic E-state index is 11.8. The van der Waals surface area contributed by atoms with Crippen LogP contribution in [0.5, 0.6) is 0 Å². The standard InChI is InChI=1S/C13H21N3O3/c1-4-16-9-10(14)8-11(16)13(18)19-7-5-6-12(17)15(2)3/h8-9H,4-7,14H2,1-3H3. The first-order valence-electron chi connectivity index (χ1n) is 6.28. The lowest BCUT2D eigenvalue weighted by atomic mass is 10.3. The SMILES string of the molecule is CCn1cc(N)cc1C(=O)OCCCC(=O)N(C)C. The molecule has 0 fully saturated rings. The van der Waals surface area contributed by atoms with Crippen molar-refractivity contribution in [2.75, 3.05) is 26.4 Å². The minimum Gasteiger partial charge on any atom is -0.461 e. The fourth-order valence-electron chi connectivity index (χ4n) is 1.65. The Labute approximate surface area is 113 Å². The summed E-state index contributed by atoms with van der Waals surface area (Å²) >= 11 is 0. The van der Waals surface area contributed by atoms with Crippen molar-refractivity contribution in [3.05, 3.63) is 18.0 Å². The fourth-order valence-corrected chi connectivity index (χ4v) is 1.65. The maximum Gasteiger partial charge on any atom is 0.355 e. The summed E-state index contributed by atoms with van der Waals surface area (Å²) in [5.74, 6) is -0.381. The number of nitrogen functional groups attached to an aromatic ring is 1. The van der Waals surface area contributed by atoms with Gasteiger partial charge in [-0.2, -0.15) is 0 Å². The highest BCUT2D eigenvalue weighted by Crippen LogP contribution is 2.12. The van der Waals surface area contributed by atoms with Gasteiger partial charge in [0.05, 0.1) is 12.3 Å². The third kappa shape index (κ3) is 4.31. The largest absolute Gasteiger partial charge is 0.461 e. The molecule has 0 aliphatic heterocycles. The van der Waals surface area contributed by atoms with Crippen LogP contribution in [-0.4, -0.2) is 42.0 Å². The minimum absolute atomic E-state index is 0.0252. The topological polar surface area (TPSA) is 77.6 Å². The second kappa shape index (κ2) is 6.82. The number of carbonyl (C=O) groups excluding carboxylic acids is 2. The van der Waals surface area contributed by atoms with Crippen LogP contribution in [0.4, 0.5) is 5.69 Å². The molecule has 0 saturated heterocycles. The summed E-state index contributed by atoms with van der Waals surface area (Å²) in [4.78, 5) is 24.7. The molecule has 0 aliphatic carbocycles. The quantitative estimate of drug-likeness (QED) is 0.619. The number of hydrogen-bond donors (Lipinski definition) is 1. The Kier molecular flexibility index (Phi) is 5.41. The van der Waals surface area contributed by atoms with Crippen LogP contribution in [0.2, 0.25) is 0 Å². The molecule has 1 aromatic heterocycles. The maximum atomic E-state index is 11.8. The molecular formula is C13H21N3O3. The lowest BCUT2D eigenvalue weighted by molar-refractivity contribution is -0.128. The summed E-state index contributed by atoms with van der Waals surface area (Å²) in [5.41, 5.74) is 6.62. The Morgan fingerprint density at radius 1 is 1.42 bits per heavy atom. The molecule has 1 heterocycles. The number of rotatable bonds is 6. The lowest BCUT2D eigenvalue weighted by Crippen LogP contribution is -2.22. The van der Waals surface area contributed by atoms with Gasteiger partial charge in [0.25, 0.3) is 0 Å². The number of amides is 1. The van der Waals surface area contributed by atoms with Crippen molar-refractivity contribution in [3.8, 4) is 0 Å². The number of esters is 1. The van der Waals surface area contributed by atoms with E-state index in [1.54, 1.807) is 30.9 Å². The Hall–Kier alpha value is -1.98. The molecule has 6 heteroatoms. The Morgan fingerprint density at radius 3 is 2.68 bits per heavy atom. The first-order valence-corrected chi connectivity index (χ1v) is 6.28. The van der Waals surface area contributed by atoms with E-state index in [9.17, 15) is 9.59 Å². The molecule has 0 saturated carbocycles. The van der Waals surface area contributed by atoms with Gasteiger partial charge in [0, 0.05) is 33.3 Å². The van der Waals surface area contributed by atoms with E-state index >= 15 is 0 Å². The summed E-state index contributed by atoms with van der Waals surface area (Å²) in [6.45, 7) is 2.81. The molecule has 2 N–H and O–H groups in total. The van der Waals surface area contributed by atoms with Crippen molar-refractivity contribution in [3.63, 3.8) is 0 Å². The second-order valence-corrected chi connectivity index (χ2v) is 4.47. The molecule has 0 atom stereocenters. The zero-order valence-electron chi connectivity index (χ0n) is 11.7. The predicted octanol–water partition coefficient (Wildman–Crippen LogP) is 1.12. The van der Waals surface area contributed by atoms with Crippen LogP contribution in [-0.2, 0) is 16.1 Å². The van der Waals surface area contributed by atoms with Crippen molar-refractivity contribution in [1.29, 1.82) is 0 Å². The number of anilines is 1. The van der Waals surface area contributed by atoms with Crippen LogP contribution in [0.15, 0.2) is 12.3 Å². The van der Waals surface area contributed by atoms with E-state index in [0.717, 1.165) is 0 Å². The van der Waals surface area contributed by atoms with E-state index in [1.165, 1.54) is 4.90 Å². The molecule has 0 radical (unpaired) electrons. The molecule has 0 unspecified atom stereocenters. The third-order valence-corrected chi connectivity index (χ3v) is 2.73. The fraction of sp³-hybridized carbons (Fsp3) is 0.538. The van der Waals surface area contributed by atoms with Gasteiger partial charge in [-0.3, -0.25) is 4.79 Å².